The first-order valence-electron chi connectivity index (χ1n) is 7.18. The Bertz CT molecular complexity index is 358. The summed E-state index contributed by atoms with van der Waals surface area (Å²) in [5.41, 5.74) is 0.626. The van der Waals surface area contributed by atoms with Gasteiger partial charge in [-0.2, -0.15) is 0 Å². The number of likely N-dealkylation sites (tertiary alicyclic amines) is 1. The highest BCUT2D eigenvalue weighted by Crippen LogP contribution is 2.38. The smallest absolute Gasteiger partial charge is 0.225 e. The monoisotopic (exact) mass is 268 g/mol. The SMILES string of the molecule is CCC1CN(C(=O)CC2(OC)CCC2)CCC1=NO. The van der Waals surface area contributed by atoms with E-state index in [9.17, 15) is 4.79 Å². The number of carbonyl (C=O) groups is 1. The van der Waals surface area contributed by atoms with E-state index in [1.807, 2.05) is 4.90 Å². The van der Waals surface area contributed by atoms with Crippen LogP contribution in [0, 0.1) is 5.92 Å². The lowest BCUT2D eigenvalue weighted by molar-refractivity contribution is -0.144. The maximum absolute atomic E-state index is 12.4. The fraction of sp³-hybridized carbons (Fsp3) is 0.857. The minimum absolute atomic E-state index is 0.178. The van der Waals surface area contributed by atoms with Gasteiger partial charge in [0, 0.05) is 32.5 Å². The van der Waals surface area contributed by atoms with Crippen LogP contribution in [0.4, 0.5) is 0 Å². The van der Waals surface area contributed by atoms with Gasteiger partial charge >= 0.3 is 0 Å². The van der Waals surface area contributed by atoms with E-state index in [0.29, 0.717) is 25.9 Å². The van der Waals surface area contributed by atoms with Crippen molar-refractivity contribution in [2.75, 3.05) is 20.2 Å². The summed E-state index contributed by atoms with van der Waals surface area (Å²) in [5, 5.41) is 12.3. The quantitative estimate of drug-likeness (QED) is 0.627. The van der Waals surface area contributed by atoms with Gasteiger partial charge in [-0.25, -0.2) is 0 Å². The van der Waals surface area contributed by atoms with E-state index in [4.69, 9.17) is 9.94 Å². The average Bonchev–Trinajstić information content (AvgIpc) is 2.41. The zero-order valence-electron chi connectivity index (χ0n) is 11.9. The number of rotatable bonds is 4. The summed E-state index contributed by atoms with van der Waals surface area (Å²) in [5.74, 6) is 0.375. The van der Waals surface area contributed by atoms with E-state index >= 15 is 0 Å². The van der Waals surface area contributed by atoms with Crippen molar-refractivity contribution < 1.29 is 14.7 Å². The standard InChI is InChI=1S/C14H24N2O3/c1-3-11-10-16(8-5-12(11)15-18)13(17)9-14(19-2)6-4-7-14/h11,18H,3-10H2,1-2H3. The Kier molecular flexibility index (Phi) is 4.45. The second-order valence-electron chi connectivity index (χ2n) is 5.70. The predicted octanol–water partition coefficient (Wildman–Crippen LogP) is 2.03. The van der Waals surface area contributed by atoms with E-state index in [0.717, 1.165) is 31.4 Å². The van der Waals surface area contributed by atoms with Crippen molar-refractivity contribution in [1.82, 2.24) is 4.90 Å². The van der Waals surface area contributed by atoms with Gasteiger partial charge in [0.1, 0.15) is 0 Å². The maximum Gasteiger partial charge on any atom is 0.225 e. The summed E-state index contributed by atoms with van der Waals surface area (Å²) < 4.78 is 5.52. The lowest BCUT2D eigenvalue weighted by Gasteiger charge is -2.42. The zero-order valence-corrected chi connectivity index (χ0v) is 11.9. The second-order valence-corrected chi connectivity index (χ2v) is 5.70. The van der Waals surface area contributed by atoms with E-state index in [1.54, 1.807) is 7.11 Å². The zero-order chi connectivity index (χ0) is 13.9. The number of hydrogen-bond acceptors (Lipinski definition) is 4. The fourth-order valence-corrected chi connectivity index (χ4v) is 3.05. The summed E-state index contributed by atoms with van der Waals surface area (Å²) in [4.78, 5) is 14.3. The first kappa shape index (κ1) is 14.3. The van der Waals surface area contributed by atoms with Crippen LogP contribution in [-0.4, -0.2) is 47.5 Å². The summed E-state index contributed by atoms with van der Waals surface area (Å²) >= 11 is 0. The Labute approximate surface area is 114 Å². The largest absolute Gasteiger partial charge is 0.411 e. The van der Waals surface area contributed by atoms with Crippen LogP contribution in [0.3, 0.4) is 0 Å². The molecule has 0 aromatic carbocycles. The number of ether oxygens (including phenoxy) is 1. The highest BCUT2D eigenvalue weighted by molar-refractivity contribution is 5.89. The van der Waals surface area contributed by atoms with E-state index < -0.39 is 0 Å². The minimum Gasteiger partial charge on any atom is -0.411 e. The molecule has 0 radical (unpaired) electrons. The third-order valence-corrected chi connectivity index (χ3v) is 4.70. The molecule has 1 heterocycles. The van der Waals surface area contributed by atoms with Gasteiger partial charge in [-0.05, 0) is 25.7 Å². The van der Waals surface area contributed by atoms with Crippen molar-refractivity contribution in [3.63, 3.8) is 0 Å². The van der Waals surface area contributed by atoms with E-state index in [-0.39, 0.29) is 17.4 Å². The van der Waals surface area contributed by atoms with Crippen LogP contribution in [-0.2, 0) is 9.53 Å². The lowest BCUT2D eigenvalue weighted by Crippen LogP contribution is -2.49. The summed E-state index contributed by atoms with van der Waals surface area (Å²) in [6, 6.07) is 0. The van der Waals surface area contributed by atoms with Crippen LogP contribution in [0.15, 0.2) is 5.16 Å². The van der Waals surface area contributed by atoms with Gasteiger partial charge in [0.2, 0.25) is 5.91 Å². The molecule has 2 fully saturated rings. The van der Waals surface area contributed by atoms with E-state index in [1.165, 1.54) is 0 Å². The predicted molar refractivity (Wildman–Crippen MR) is 72.4 cm³/mol. The lowest BCUT2D eigenvalue weighted by atomic mass is 9.77. The minimum atomic E-state index is -0.204. The number of hydrogen-bond donors (Lipinski definition) is 1. The van der Waals surface area contributed by atoms with Crippen LogP contribution >= 0.6 is 0 Å². The number of methoxy groups -OCH3 is 1. The molecule has 2 rings (SSSR count). The first-order valence-corrected chi connectivity index (χ1v) is 7.18. The molecule has 2 aliphatic rings. The van der Waals surface area contributed by atoms with Crippen molar-refractivity contribution >= 4 is 11.6 Å². The summed E-state index contributed by atoms with van der Waals surface area (Å²) in [6.07, 6.45) is 5.21. The molecule has 108 valence electrons. The van der Waals surface area contributed by atoms with Gasteiger partial charge in [-0.15, -0.1) is 0 Å². The molecule has 5 heteroatoms. The highest BCUT2D eigenvalue weighted by atomic mass is 16.5. The van der Waals surface area contributed by atoms with Crippen LogP contribution in [0.1, 0.15) is 45.4 Å². The molecule has 0 aromatic heterocycles. The molecular formula is C14H24N2O3. The Morgan fingerprint density at radius 3 is 2.79 bits per heavy atom. The molecule has 1 saturated carbocycles. The first-order chi connectivity index (χ1) is 9.14. The molecule has 1 saturated heterocycles. The molecule has 1 unspecified atom stereocenters. The topological polar surface area (TPSA) is 62.1 Å². The van der Waals surface area contributed by atoms with Gasteiger partial charge in [-0.3, -0.25) is 4.79 Å². The van der Waals surface area contributed by atoms with Gasteiger partial charge < -0.3 is 14.8 Å². The maximum atomic E-state index is 12.4. The normalized spacial score (nSPS) is 28.2. The van der Waals surface area contributed by atoms with Gasteiger partial charge in [-0.1, -0.05) is 12.1 Å². The molecule has 0 aromatic rings. The summed E-state index contributed by atoms with van der Waals surface area (Å²) in [6.45, 7) is 3.40. The Hall–Kier alpha value is -1.10. The number of piperidine rings is 1. The average molecular weight is 268 g/mol. The summed E-state index contributed by atoms with van der Waals surface area (Å²) in [7, 11) is 1.70. The van der Waals surface area contributed by atoms with Gasteiger partial charge in [0.15, 0.2) is 0 Å². The van der Waals surface area contributed by atoms with Crippen molar-refractivity contribution in [2.45, 2.75) is 51.0 Å². The molecule has 0 spiro atoms. The van der Waals surface area contributed by atoms with Crippen molar-refractivity contribution in [3.8, 4) is 0 Å². The number of carbonyl (C=O) groups excluding carboxylic acids is 1. The fourth-order valence-electron chi connectivity index (χ4n) is 3.05. The molecule has 1 aliphatic heterocycles. The molecule has 1 aliphatic carbocycles. The molecule has 19 heavy (non-hydrogen) atoms. The Morgan fingerprint density at radius 2 is 2.32 bits per heavy atom. The van der Waals surface area contributed by atoms with Crippen molar-refractivity contribution in [3.05, 3.63) is 0 Å². The Balaban J connectivity index is 1.93. The van der Waals surface area contributed by atoms with Crippen molar-refractivity contribution in [1.29, 1.82) is 0 Å². The van der Waals surface area contributed by atoms with Crippen LogP contribution < -0.4 is 0 Å². The van der Waals surface area contributed by atoms with Crippen LogP contribution in [0.2, 0.25) is 0 Å². The highest BCUT2D eigenvalue weighted by Gasteiger charge is 2.40. The second kappa shape index (κ2) is 5.90. The van der Waals surface area contributed by atoms with Gasteiger partial charge in [0.05, 0.1) is 17.7 Å². The van der Waals surface area contributed by atoms with E-state index in [2.05, 4.69) is 12.1 Å². The third-order valence-electron chi connectivity index (χ3n) is 4.70. The van der Waals surface area contributed by atoms with Crippen LogP contribution in [0.5, 0.6) is 0 Å². The molecule has 5 nitrogen and oxygen atoms in total. The molecule has 0 bridgehead atoms. The van der Waals surface area contributed by atoms with Crippen LogP contribution in [0.25, 0.3) is 0 Å². The number of nitrogens with zero attached hydrogens (tertiary/aromatic N) is 2. The molecule has 1 atom stereocenters. The molecule has 1 amide bonds. The van der Waals surface area contributed by atoms with Gasteiger partial charge in [0.25, 0.3) is 0 Å². The molecular weight excluding hydrogens is 244 g/mol. The third kappa shape index (κ3) is 2.91. The molecule has 1 N–H and O–H groups in total. The number of oxime groups is 1. The van der Waals surface area contributed by atoms with Crippen molar-refractivity contribution in [2.24, 2.45) is 11.1 Å². The number of amides is 1. The Morgan fingerprint density at radius 1 is 1.58 bits per heavy atom.